The summed E-state index contributed by atoms with van der Waals surface area (Å²) in [5, 5.41) is 4.72. The first-order chi connectivity index (χ1) is 26.8. The highest BCUT2D eigenvalue weighted by atomic mass is 16.3. The van der Waals surface area contributed by atoms with E-state index in [0.29, 0.717) is 0 Å². The maximum absolute atomic E-state index is 6.38. The van der Waals surface area contributed by atoms with Gasteiger partial charge in [0.1, 0.15) is 11.2 Å². The van der Waals surface area contributed by atoms with Gasteiger partial charge < -0.3 is 9.32 Å². The van der Waals surface area contributed by atoms with Crippen LogP contribution in [0.1, 0.15) is 0 Å². The Morgan fingerprint density at radius 3 is 1.65 bits per heavy atom. The predicted octanol–water partition coefficient (Wildman–Crippen LogP) is 14.9. The molecular weight excluding hydrogens is 655 g/mol. The zero-order chi connectivity index (χ0) is 35.8. The highest BCUT2D eigenvalue weighted by Gasteiger charge is 2.22. The van der Waals surface area contributed by atoms with E-state index in [1.807, 2.05) is 12.1 Å². The number of hydrogen-bond donors (Lipinski definition) is 0. The fourth-order valence-corrected chi connectivity index (χ4v) is 7.87. The summed E-state index contributed by atoms with van der Waals surface area (Å²) in [7, 11) is 0. The van der Waals surface area contributed by atoms with Crippen molar-refractivity contribution in [1.29, 1.82) is 0 Å². The van der Waals surface area contributed by atoms with Crippen LogP contribution in [0.5, 0.6) is 0 Å². The first-order valence-electron chi connectivity index (χ1n) is 18.4. The minimum Gasteiger partial charge on any atom is -0.456 e. The monoisotopic (exact) mass is 689 g/mol. The Labute approximate surface area is 314 Å². The first-order valence-corrected chi connectivity index (χ1v) is 18.4. The zero-order valence-corrected chi connectivity index (χ0v) is 29.6. The van der Waals surface area contributed by atoms with Crippen LogP contribution >= 0.6 is 0 Å². The van der Waals surface area contributed by atoms with Crippen molar-refractivity contribution in [3.63, 3.8) is 0 Å². The van der Waals surface area contributed by atoms with Gasteiger partial charge in [0.15, 0.2) is 0 Å². The largest absolute Gasteiger partial charge is 0.456 e. The average molecular weight is 690 g/mol. The molecule has 54 heavy (non-hydrogen) atoms. The molecule has 0 aliphatic carbocycles. The smallest absolute Gasteiger partial charge is 0.136 e. The summed E-state index contributed by atoms with van der Waals surface area (Å²) >= 11 is 0. The van der Waals surface area contributed by atoms with Gasteiger partial charge in [-0.2, -0.15) is 0 Å². The molecule has 0 saturated heterocycles. The minimum absolute atomic E-state index is 0.881. The number of rotatable bonds is 7. The summed E-state index contributed by atoms with van der Waals surface area (Å²) in [5.74, 6) is 0. The van der Waals surface area contributed by atoms with Gasteiger partial charge >= 0.3 is 0 Å². The van der Waals surface area contributed by atoms with Crippen LogP contribution in [0.3, 0.4) is 0 Å². The van der Waals surface area contributed by atoms with E-state index in [9.17, 15) is 0 Å². The Morgan fingerprint density at radius 2 is 0.833 bits per heavy atom. The third-order valence-corrected chi connectivity index (χ3v) is 10.5. The highest BCUT2D eigenvalue weighted by Crippen LogP contribution is 2.47. The van der Waals surface area contributed by atoms with Gasteiger partial charge in [-0.25, -0.2) is 0 Å². The fraction of sp³-hybridized carbons (Fsp3) is 0. The SMILES string of the molecule is c1ccc(-c2ccc(N(c3ccccc3-c3ccc4c(c3)oc3ccccc34)c3ccccc3-c3ccccc3-c3ccc4ccccc4c3)cc2)cc1. The van der Waals surface area contributed by atoms with Crippen molar-refractivity contribution in [1.82, 2.24) is 0 Å². The molecule has 0 N–H and O–H groups in total. The van der Waals surface area contributed by atoms with Crippen LogP contribution in [-0.4, -0.2) is 0 Å². The molecule has 0 aliphatic rings. The lowest BCUT2D eigenvalue weighted by atomic mass is 9.91. The quantitative estimate of drug-likeness (QED) is 0.166. The van der Waals surface area contributed by atoms with Crippen molar-refractivity contribution in [2.24, 2.45) is 0 Å². The Hall–Kier alpha value is -7.16. The van der Waals surface area contributed by atoms with Crippen molar-refractivity contribution in [2.45, 2.75) is 0 Å². The molecule has 10 aromatic rings. The van der Waals surface area contributed by atoms with Gasteiger partial charge in [-0.1, -0.05) is 164 Å². The first kappa shape index (κ1) is 31.6. The van der Waals surface area contributed by atoms with E-state index in [2.05, 4.69) is 205 Å². The van der Waals surface area contributed by atoms with Crippen molar-refractivity contribution in [2.75, 3.05) is 4.90 Å². The zero-order valence-electron chi connectivity index (χ0n) is 29.6. The Morgan fingerprint density at radius 1 is 0.296 bits per heavy atom. The number of hydrogen-bond acceptors (Lipinski definition) is 2. The van der Waals surface area contributed by atoms with Crippen LogP contribution in [-0.2, 0) is 0 Å². The highest BCUT2D eigenvalue weighted by molar-refractivity contribution is 6.06. The van der Waals surface area contributed by atoms with Crippen molar-refractivity contribution in [3.8, 4) is 44.5 Å². The molecule has 2 nitrogen and oxygen atoms in total. The topological polar surface area (TPSA) is 16.4 Å². The molecule has 0 atom stereocenters. The average Bonchev–Trinajstić information content (AvgIpc) is 3.63. The summed E-state index contributed by atoms with van der Waals surface area (Å²) in [6.45, 7) is 0. The van der Waals surface area contributed by atoms with Gasteiger partial charge in [0.25, 0.3) is 0 Å². The summed E-state index contributed by atoms with van der Waals surface area (Å²) in [6.07, 6.45) is 0. The predicted molar refractivity (Wildman–Crippen MR) is 228 cm³/mol. The van der Waals surface area contributed by atoms with Crippen LogP contribution in [0, 0.1) is 0 Å². The molecule has 0 fully saturated rings. The summed E-state index contributed by atoms with van der Waals surface area (Å²) in [5.41, 5.74) is 14.3. The lowest BCUT2D eigenvalue weighted by molar-refractivity contribution is 0.669. The van der Waals surface area contributed by atoms with E-state index in [1.54, 1.807) is 0 Å². The van der Waals surface area contributed by atoms with E-state index in [1.165, 1.54) is 38.6 Å². The molecule has 9 aromatic carbocycles. The molecule has 0 unspecified atom stereocenters. The van der Waals surface area contributed by atoms with Gasteiger partial charge in [-0.3, -0.25) is 0 Å². The van der Waals surface area contributed by atoms with E-state index < -0.39 is 0 Å². The molecule has 0 spiro atoms. The number of para-hydroxylation sites is 3. The summed E-state index contributed by atoms with van der Waals surface area (Å²) in [6, 6.07) is 76.0. The lowest BCUT2D eigenvalue weighted by Crippen LogP contribution is -2.12. The standard InChI is InChI=1S/C52H35NO/c1-2-14-36(15-3-1)38-28-31-42(32-29-38)53(49-23-11-8-19-44(49)41-30-33-48-47-22-10-13-25-51(47)54-52(48)35-41)50-24-12-9-21-46(50)45-20-7-6-18-43(45)40-27-26-37-16-4-5-17-39(37)34-40/h1-35H. The summed E-state index contributed by atoms with van der Waals surface area (Å²) < 4.78 is 6.38. The van der Waals surface area contributed by atoms with E-state index in [-0.39, 0.29) is 0 Å². The molecular formula is C52H35NO. The molecule has 0 bridgehead atoms. The number of furan rings is 1. The Balaban J connectivity index is 1.17. The van der Waals surface area contributed by atoms with Crippen LogP contribution < -0.4 is 4.90 Å². The second-order valence-electron chi connectivity index (χ2n) is 13.7. The third-order valence-electron chi connectivity index (χ3n) is 10.5. The molecule has 2 heteroatoms. The van der Waals surface area contributed by atoms with Crippen molar-refractivity contribution in [3.05, 3.63) is 212 Å². The normalized spacial score (nSPS) is 11.3. The van der Waals surface area contributed by atoms with Gasteiger partial charge in [-0.05, 0) is 92.7 Å². The van der Waals surface area contributed by atoms with Crippen LogP contribution in [0.15, 0.2) is 217 Å². The molecule has 1 heterocycles. The molecule has 0 amide bonds. The fourth-order valence-electron chi connectivity index (χ4n) is 7.87. The second-order valence-corrected chi connectivity index (χ2v) is 13.7. The van der Waals surface area contributed by atoms with Gasteiger partial charge in [0.05, 0.1) is 11.4 Å². The number of fused-ring (bicyclic) bond motifs is 4. The number of anilines is 3. The van der Waals surface area contributed by atoms with Gasteiger partial charge in [-0.15, -0.1) is 0 Å². The second kappa shape index (κ2) is 13.4. The lowest BCUT2D eigenvalue weighted by Gasteiger charge is -2.30. The minimum atomic E-state index is 0.881. The van der Waals surface area contributed by atoms with Crippen molar-refractivity contribution >= 4 is 49.8 Å². The van der Waals surface area contributed by atoms with Crippen LogP contribution in [0.2, 0.25) is 0 Å². The van der Waals surface area contributed by atoms with Crippen LogP contribution in [0.4, 0.5) is 17.1 Å². The maximum Gasteiger partial charge on any atom is 0.136 e. The van der Waals surface area contributed by atoms with E-state index in [0.717, 1.165) is 55.7 Å². The Kier molecular flexibility index (Phi) is 7.85. The summed E-state index contributed by atoms with van der Waals surface area (Å²) in [4.78, 5) is 2.42. The molecule has 0 aliphatic heterocycles. The molecule has 1 aromatic heterocycles. The Bertz CT molecular complexity index is 2940. The van der Waals surface area contributed by atoms with Crippen molar-refractivity contribution < 1.29 is 4.42 Å². The van der Waals surface area contributed by atoms with E-state index >= 15 is 0 Å². The van der Waals surface area contributed by atoms with Crippen LogP contribution in [0.25, 0.3) is 77.2 Å². The molecule has 0 saturated carbocycles. The molecule has 10 rings (SSSR count). The number of benzene rings is 9. The van der Waals surface area contributed by atoms with Gasteiger partial charge in [0.2, 0.25) is 0 Å². The van der Waals surface area contributed by atoms with Gasteiger partial charge in [0, 0.05) is 27.6 Å². The van der Waals surface area contributed by atoms with E-state index in [4.69, 9.17) is 4.42 Å². The number of nitrogens with zero attached hydrogens (tertiary/aromatic N) is 1. The maximum atomic E-state index is 6.38. The third kappa shape index (κ3) is 5.62. The molecule has 0 radical (unpaired) electrons. The molecule has 254 valence electrons.